The number of amides is 2. The van der Waals surface area contributed by atoms with E-state index in [-0.39, 0.29) is 12.3 Å². The fraction of sp³-hybridized carbons (Fsp3) is 0.154. The number of rotatable bonds is 4. The van der Waals surface area contributed by atoms with Crippen molar-refractivity contribution in [1.29, 1.82) is 0 Å². The summed E-state index contributed by atoms with van der Waals surface area (Å²) in [6, 6.07) is 5.08. The molecule has 1 atom stereocenters. The second-order valence-corrected chi connectivity index (χ2v) is 5.12. The molecule has 6 nitrogen and oxygen atoms in total. The molecule has 2 rings (SSSR count). The van der Waals surface area contributed by atoms with Gasteiger partial charge in [0, 0.05) is 17.7 Å². The molecule has 2 amide bonds. The topological polar surface area (TPSA) is 82.6 Å². The van der Waals surface area contributed by atoms with Gasteiger partial charge in [0.25, 0.3) is 0 Å². The van der Waals surface area contributed by atoms with Crippen molar-refractivity contribution in [3.05, 3.63) is 46.1 Å². The summed E-state index contributed by atoms with van der Waals surface area (Å²) in [5.41, 5.74) is 8.32. The number of hydrogen-bond donors (Lipinski definition) is 3. The van der Waals surface area contributed by atoms with E-state index >= 15 is 0 Å². The maximum absolute atomic E-state index is 11.7. The van der Waals surface area contributed by atoms with E-state index in [2.05, 4.69) is 28.0 Å². The van der Waals surface area contributed by atoms with Gasteiger partial charge in [-0.2, -0.15) is 5.10 Å². The second kappa shape index (κ2) is 6.60. The minimum Gasteiger partial charge on any atom is -0.302 e. The molecular formula is C13H12Cl2N4O2. The number of hydrazone groups is 1. The molecule has 0 aromatic heterocycles. The number of nitrogens with zero attached hydrogens (tertiary/aromatic N) is 1. The maximum atomic E-state index is 11.7. The molecule has 1 aliphatic heterocycles. The van der Waals surface area contributed by atoms with Gasteiger partial charge in [-0.05, 0) is 6.07 Å². The van der Waals surface area contributed by atoms with Crippen molar-refractivity contribution in [3.63, 3.8) is 0 Å². The molecule has 1 unspecified atom stereocenters. The Morgan fingerprint density at radius 2 is 2.19 bits per heavy atom. The third-order valence-corrected chi connectivity index (χ3v) is 3.68. The lowest BCUT2D eigenvalue weighted by Crippen LogP contribution is -2.27. The molecule has 8 heteroatoms. The highest BCUT2D eigenvalue weighted by molar-refractivity contribution is 6.43. The zero-order valence-corrected chi connectivity index (χ0v) is 12.3. The zero-order valence-electron chi connectivity index (χ0n) is 10.8. The van der Waals surface area contributed by atoms with Gasteiger partial charge < -0.3 is 5.43 Å². The van der Waals surface area contributed by atoms with Crippen molar-refractivity contribution in [3.8, 4) is 0 Å². The molecule has 1 aliphatic rings. The normalized spacial score (nSPS) is 17.7. The molecule has 1 aromatic carbocycles. The van der Waals surface area contributed by atoms with Crippen molar-refractivity contribution in [2.24, 2.45) is 11.0 Å². The number of halogens is 2. The van der Waals surface area contributed by atoms with Gasteiger partial charge in [0.15, 0.2) is 0 Å². The predicted molar refractivity (Wildman–Crippen MR) is 80.7 cm³/mol. The summed E-state index contributed by atoms with van der Waals surface area (Å²) in [7, 11) is 0. The highest BCUT2D eigenvalue weighted by Crippen LogP contribution is 2.24. The quantitative estimate of drug-likeness (QED) is 0.580. The van der Waals surface area contributed by atoms with Crippen LogP contribution >= 0.6 is 23.2 Å². The van der Waals surface area contributed by atoms with Crippen LogP contribution in [0.25, 0.3) is 0 Å². The Morgan fingerprint density at radius 3 is 2.86 bits per heavy atom. The lowest BCUT2D eigenvalue weighted by molar-refractivity contribution is -0.127. The monoisotopic (exact) mass is 326 g/mol. The lowest BCUT2D eigenvalue weighted by atomic mass is 10.0. The van der Waals surface area contributed by atoms with E-state index in [1.165, 1.54) is 6.21 Å². The first-order valence-electron chi connectivity index (χ1n) is 5.99. The van der Waals surface area contributed by atoms with Gasteiger partial charge in [0.05, 0.1) is 22.2 Å². The minimum atomic E-state index is -0.602. The van der Waals surface area contributed by atoms with Crippen LogP contribution < -0.4 is 16.3 Å². The molecule has 0 saturated carbocycles. The van der Waals surface area contributed by atoms with Crippen molar-refractivity contribution in [1.82, 2.24) is 16.3 Å². The molecule has 0 spiro atoms. The third-order valence-electron chi connectivity index (χ3n) is 2.85. The van der Waals surface area contributed by atoms with Crippen LogP contribution in [-0.4, -0.2) is 18.0 Å². The van der Waals surface area contributed by atoms with Gasteiger partial charge in [-0.25, -0.2) is 5.43 Å². The average molecular weight is 327 g/mol. The van der Waals surface area contributed by atoms with Crippen molar-refractivity contribution in [2.75, 3.05) is 0 Å². The van der Waals surface area contributed by atoms with Crippen LogP contribution in [-0.2, 0) is 9.59 Å². The highest BCUT2D eigenvalue weighted by atomic mass is 35.5. The summed E-state index contributed by atoms with van der Waals surface area (Å²) in [5, 5.41) is 4.54. The standard InChI is InChI=1S/C13H12Cl2N4O2/c1-7-9(13(21)19-17-7)5-11(20)18-16-6-8-3-2-4-10(14)12(8)15/h2-4,6,9,17H,1,5H2,(H,18,20)(H,19,21). The molecule has 0 aliphatic carbocycles. The lowest BCUT2D eigenvalue weighted by Gasteiger charge is -2.05. The smallest absolute Gasteiger partial charge is 0.247 e. The fourth-order valence-electron chi connectivity index (χ4n) is 1.72. The molecule has 0 bridgehead atoms. The zero-order chi connectivity index (χ0) is 15.4. The predicted octanol–water partition coefficient (Wildman–Crippen LogP) is 1.60. The largest absolute Gasteiger partial charge is 0.302 e. The van der Waals surface area contributed by atoms with Gasteiger partial charge in [-0.1, -0.05) is 41.9 Å². The molecule has 1 saturated heterocycles. The Bertz CT molecular complexity index is 615. The Balaban J connectivity index is 1.92. The van der Waals surface area contributed by atoms with E-state index in [0.717, 1.165) is 0 Å². The molecule has 1 heterocycles. The molecule has 110 valence electrons. The van der Waals surface area contributed by atoms with Crippen molar-refractivity contribution in [2.45, 2.75) is 6.42 Å². The number of carbonyl (C=O) groups excluding carboxylic acids is 2. The fourth-order valence-corrected chi connectivity index (χ4v) is 2.07. The van der Waals surface area contributed by atoms with E-state index in [0.29, 0.717) is 21.3 Å². The number of nitrogens with one attached hydrogen (secondary N) is 3. The Hall–Kier alpha value is -2.05. The van der Waals surface area contributed by atoms with Crippen LogP contribution in [0.1, 0.15) is 12.0 Å². The van der Waals surface area contributed by atoms with Gasteiger partial charge in [0.2, 0.25) is 11.8 Å². The van der Waals surface area contributed by atoms with Gasteiger partial charge in [-0.15, -0.1) is 0 Å². The Morgan fingerprint density at radius 1 is 1.43 bits per heavy atom. The van der Waals surface area contributed by atoms with Crippen LogP contribution in [0.3, 0.4) is 0 Å². The summed E-state index contributed by atoms with van der Waals surface area (Å²) in [6.45, 7) is 3.64. The first-order valence-corrected chi connectivity index (χ1v) is 6.75. The molecule has 0 radical (unpaired) electrons. The second-order valence-electron chi connectivity index (χ2n) is 4.33. The highest BCUT2D eigenvalue weighted by Gasteiger charge is 2.29. The summed E-state index contributed by atoms with van der Waals surface area (Å²) in [5.74, 6) is -1.30. The molecule has 3 N–H and O–H groups in total. The van der Waals surface area contributed by atoms with Gasteiger partial charge in [-0.3, -0.25) is 15.0 Å². The number of carbonyl (C=O) groups is 2. The van der Waals surface area contributed by atoms with Gasteiger partial charge in [0.1, 0.15) is 0 Å². The third kappa shape index (κ3) is 3.74. The number of benzene rings is 1. The van der Waals surface area contributed by atoms with E-state index in [9.17, 15) is 9.59 Å². The Labute approximate surface area is 131 Å². The van der Waals surface area contributed by atoms with Crippen LogP contribution in [0.4, 0.5) is 0 Å². The minimum absolute atomic E-state index is 0.0434. The van der Waals surface area contributed by atoms with Crippen LogP contribution in [0.5, 0.6) is 0 Å². The summed E-state index contributed by atoms with van der Waals surface area (Å²) < 4.78 is 0. The Kier molecular flexibility index (Phi) is 4.82. The molecule has 1 aromatic rings. The van der Waals surface area contributed by atoms with Crippen LogP contribution in [0, 0.1) is 5.92 Å². The SMILES string of the molecule is C=C1NNC(=O)C1CC(=O)NN=Cc1cccc(Cl)c1Cl. The van der Waals surface area contributed by atoms with E-state index in [1.54, 1.807) is 18.2 Å². The molecular weight excluding hydrogens is 315 g/mol. The summed E-state index contributed by atoms with van der Waals surface area (Å²) >= 11 is 11.8. The van der Waals surface area contributed by atoms with Crippen molar-refractivity contribution < 1.29 is 9.59 Å². The van der Waals surface area contributed by atoms with Crippen LogP contribution in [0.2, 0.25) is 10.0 Å². The first-order chi connectivity index (χ1) is 9.99. The van der Waals surface area contributed by atoms with Crippen molar-refractivity contribution >= 4 is 41.2 Å². The van der Waals surface area contributed by atoms with E-state index in [1.807, 2.05) is 0 Å². The maximum Gasteiger partial charge on any atom is 0.247 e. The number of hydrazine groups is 1. The average Bonchev–Trinajstić information content (AvgIpc) is 2.75. The first kappa shape index (κ1) is 15.3. The molecule has 21 heavy (non-hydrogen) atoms. The summed E-state index contributed by atoms with van der Waals surface area (Å²) in [6.07, 6.45) is 1.34. The van der Waals surface area contributed by atoms with Gasteiger partial charge >= 0.3 is 0 Å². The van der Waals surface area contributed by atoms with E-state index in [4.69, 9.17) is 23.2 Å². The number of hydrogen-bond acceptors (Lipinski definition) is 4. The van der Waals surface area contributed by atoms with Crippen LogP contribution in [0.15, 0.2) is 35.6 Å². The van der Waals surface area contributed by atoms with E-state index < -0.39 is 11.8 Å². The summed E-state index contributed by atoms with van der Waals surface area (Å²) in [4.78, 5) is 23.1. The molecule has 1 fully saturated rings.